The molecule has 0 unspecified atom stereocenters. The van der Waals surface area contributed by atoms with Crippen molar-refractivity contribution in [2.45, 2.75) is 13.8 Å². The van der Waals surface area contributed by atoms with Crippen LogP contribution in [0.25, 0.3) is 106 Å². The summed E-state index contributed by atoms with van der Waals surface area (Å²) in [5, 5.41) is 22.2. The van der Waals surface area contributed by atoms with Crippen LogP contribution in [-0.2, 0) is 0 Å². The molecule has 0 aliphatic carbocycles. The van der Waals surface area contributed by atoms with E-state index in [1.165, 1.54) is 11.1 Å². The van der Waals surface area contributed by atoms with Crippen LogP contribution >= 0.6 is 0 Å². The van der Waals surface area contributed by atoms with E-state index in [0.717, 1.165) is 100 Å². The van der Waals surface area contributed by atoms with E-state index in [-0.39, 0.29) is 0 Å². The first-order valence-corrected chi connectivity index (χ1v) is 22.3. The molecular weight excluding hydrogens is 815 g/mol. The normalized spacial score (nSPS) is 11.1. The molecule has 0 spiro atoms. The molecule has 9 aromatic carbocycles. The van der Waals surface area contributed by atoms with E-state index in [1.807, 2.05) is 97.1 Å². The highest BCUT2D eigenvalue weighted by Gasteiger charge is 2.24. The van der Waals surface area contributed by atoms with Crippen LogP contribution in [0, 0.1) is 36.5 Å². The van der Waals surface area contributed by atoms with Crippen molar-refractivity contribution < 1.29 is 0 Å². The standard InChI is InChI=1S/C62H41N5/c1-40-11-9-17-48(31-40)50-27-29-59-55(33-50)56-34-51(49-18-10-12-41(2)32-49)28-30-60(56)67(59)61-53(44-23-19-42(38-63)20-24-44)35-52(36-54(61)45-25-21-43(39-64)22-26-45)58-37-57(46-13-5-3-6-14-46)65-62(66-58)47-15-7-4-8-16-47/h3-37H,1-2H3. The van der Waals surface area contributed by atoms with Crippen LogP contribution in [-0.4, -0.2) is 14.5 Å². The first kappa shape index (κ1) is 40.6. The second kappa shape index (κ2) is 17.1. The summed E-state index contributed by atoms with van der Waals surface area (Å²) in [5.41, 5.74) is 19.4. The fourth-order valence-corrected chi connectivity index (χ4v) is 9.25. The number of hydrogen-bond acceptors (Lipinski definition) is 4. The van der Waals surface area contributed by atoms with Crippen molar-refractivity contribution in [3.8, 4) is 96.2 Å². The molecule has 0 aliphatic rings. The Labute approximate surface area is 389 Å². The fraction of sp³-hybridized carbons (Fsp3) is 0.0323. The van der Waals surface area contributed by atoms with E-state index in [0.29, 0.717) is 17.0 Å². The van der Waals surface area contributed by atoms with Gasteiger partial charge in [0.15, 0.2) is 5.82 Å². The average molecular weight is 856 g/mol. The molecule has 0 amide bonds. The smallest absolute Gasteiger partial charge is 0.160 e. The minimum Gasteiger partial charge on any atom is -0.308 e. The van der Waals surface area contributed by atoms with Gasteiger partial charge in [0.1, 0.15) is 0 Å². The molecule has 2 heterocycles. The summed E-state index contributed by atoms with van der Waals surface area (Å²) >= 11 is 0. The van der Waals surface area contributed by atoms with Crippen LogP contribution in [0.15, 0.2) is 212 Å². The summed E-state index contributed by atoms with van der Waals surface area (Å²) in [6.07, 6.45) is 0. The summed E-state index contributed by atoms with van der Waals surface area (Å²) in [7, 11) is 0. The molecule has 2 aromatic heterocycles. The Morgan fingerprint density at radius 2 is 0.776 bits per heavy atom. The van der Waals surface area contributed by atoms with E-state index in [9.17, 15) is 10.5 Å². The molecule has 0 bridgehead atoms. The zero-order valence-electron chi connectivity index (χ0n) is 36.9. The first-order chi connectivity index (χ1) is 32.9. The third kappa shape index (κ3) is 7.72. The van der Waals surface area contributed by atoms with Gasteiger partial charge in [0, 0.05) is 38.6 Å². The van der Waals surface area contributed by atoms with Crippen LogP contribution in [0.1, 0.15) is 22.3 Å². The van der Waals surface area contributed by atoms with Gasteiger partial charge in [0.25, 0.3) is 0 Å². The zero-order valence-corrected chi connectivity index (χ0v) is 36.9. The third-order valence-corrected chi connectivity index (χ3v) is 12.6. The predicted octanol–water partition coefficient (Wildman–Crippen LogP) is 15.6. The molecule has 67 heavy (non-hydrogen) atoms. The summed E-state index contributed by atoms with van der Waals surface area (Å²) in [4.78, 5) is 10.4. The van der Waals surface area contributed by atoms with Crippen LogP contribution in [0.5, 0.6) is 0 Å². The lowest BCUT2D eigenvalue weighted by molar-refractivity contribution is 1.17. The maximum atomic E-state index is 9.96. The van der Waals surface area contributed by atoms with E-state index in [1.54, 1.807) is 0 Å². The Balaban J connectivity index is 1.26. The average Bonchev–Trinajstić information content (AvgIpc) is 3.71. The zero-order chi connectivity index (χ0) is 45.4. The maximum absolute atomic E-state index is 9.96. The number of aryl methyl sites for hydroxylation is 2. The Morgan fingerprint density at radius 1 is 0.358 bits per heavy atom. The largest absolute Gasteiger partial charge is 0.308 e. The van der Waals surface area contributed by atoms with E-state index >= 15 is 0 Å². The maximum Gasteiger partial charge on any atom is 0.160 e. The lowest BCUT2D eigenvalue weighted by Gasteiger charge is -2.21. The lowest BCUT2D eigenvalue weighted by Crippen LogP contribution is -2.03. The number of rotatable bonds is 8. The van der Waals surface area contributed by atoms with Gasteiger partial charge in [-0.2, -0.15) is 10.5 Å². The molecule has 0 fully saturated rings. The molecule has 0 saturated carbocycles. The van der Waals surface area contributed by atoms with Gasteiger partial charge in [-0.15, -0.1) is 0 Å². The monoisotopic (exact) mass is 855 g/mol. The van der Waals surface area contributed by atoms with E-state index in [4.69, 9.17) is 9.97 Å². The van der Waals surface area contributed by atoms with Gasteiger partial charge >= 0.3 is 0 Å². The molecule has 0 N–H and O–H groups in total. The highest BCUT2D eigenvalue weighted by molar-refractivity contribution is 6.13. The molecule has 0 atom stereocenters. The van der Waals surface area contributed by atoms with E-state index < -0.39 is 0 Å². The number of aromatic nitrogens is 3. The second-order valence-corrected chi connectivity index (χ2v) is 17.0. The lowest BCUT2D eigenvalue weighted by atomic mass is 9.91. The van der Waals surface area contributed by atoms with Crippen LogP contribution in [0.4, 0.5) is 0 Å². The van der Waals surface area contributed by atoms with Gasteiger partial charge in [-0.25, -0.2) is 9.97 Å². The van der Waals surface area contributed by atoms with Crippen LogP contribution < -0.4 is 0 Å². The van der Waals surface area contributed by atoms with Gasteiger partial charge in [0.2, 0.25) is 0 Å². The molecule has 5 nitrogen and oxygen atoms in total. The van der Waals surface area contributed by atoms with Crippen molar-refractivity contribution >= 4 is 21.8 Å². The number of nitriles is 2. The van der Waals surface area contributed by atoms with Gasteiger partial charge in [-0.3, -0.25) is 0 Å². The molecule has 11 rings (SSSR count). The molecule has 0 aliphatic heterocycles. The van der Waals surface area contributed by atoms with Gasteiger partial charge in [0.05, 0.1) is 51.4 Å². The summed E-state index contributed by atoms with van der Waals surface area (Å²) in [5.74, 6) is 0.622. The molecule has 314 valence electrons. The Kier molecular flexibility index (Phi) is 10.4. The summed E-state index contributed by atoms with van der Waals surface area (Å²) in [6, 6.07) is 78.1. The Bertz CT molecular complexity index is 3520. The minimum absolute atomic E-state index is 0.578. The van der Waals surface area contributed by atoms with Crippen molar-refractivity contribution in [3.05, 3.63) is 235 Å². The van der Waals surface area contributed by atoms with Gasteiger partial charge in [-0.05, 0) is 114 Å². The third-order valence-electron chi connectivity index (χ3n) is 12.6. The summed E-state index contributed by atoms with van der Waals surface area (Å²) in [6.45, 7) is 4.26. The number of hydrogen-bond donors (Lipinski definition) is 0. The molecular formula is C62H41N5. The van der Waals surface area contributed by atoms with Crippen molar-refractivity contribution in [3.63, 3.8) is 0 Å². The fourth-order valence-electron chi connectivity index (χ4n) is 9.25. The highest BCUT2D eigenvalue weighted by atomic mass is 15.0. The van der Waals surface area contributed by atoms with Crippen molar-refractivity contribution in [1.29, 1.82) is 10.5 Å². The topological polar surface area (TPSA) is 78.3 Å². The van der Waals surface area contributed by atoms with Crippen molar-refractivity contribution in [2.24, 2.45) is 0 Å². The Morgan fingerprint density at radius 3 is 1.24 bits per heavy atom. The van der Waals surface area contributed by atoms with Crippen LogP contribution in [0.2, 0.25) is 0 Å². The molecule has 0 radical (unpaired) electrons. The van der Waals surface area contributed by atoms with Crippen molar-refractivity contribution in [1.82, 2.24) is 14.5 Å². The predicted molar refractivity (Wildman–Crippen MR) is 273 cm³/mol. The van der Waals surface area contributed by atoms with Crippen LogP contribution in [0.3, 0.4) is 0 Å². The van der Waals surface area contributed by atoms with Gasteiger partial charge < -0.3 is 4.57 Å². The number of benzene rings is 9. The number of nitrogens with zero attached hydrogens (tertiary/aromatic N) is 5. The molecule has 5 heteroatoms. The first-order valence-electron chi connectivity index (χ1n) is 22.3. The number of fused-ring (bicyclic) bond motifs is 3. The van der Waals surface area contributed by atoms with E-state index in [2.05, 4.69) is 146 Å². The minimum atomic E-state index is 0.578. The quantitative estimate of drug-likeness (QED) is 0.152. The molecule has 11 aromatic rings. The second-order valence-electron chi connectivity index (χ2n) is 17.0. The van der Waals surface area contributed by atoms with Crippen molar-refractivity contribution in [2.75, 3.05) is 0 Å². The van der Waals surface area contributed by atoms with Gasteiger partial charge in [-0.1, -0.05) is 157 Å². The summed E-state index contributed by atoms with van der Waals surface area (Å²) < 4.78 is 2.40. The Hall–Kier alpha value is -9.16. The highest BCUT2D eigenvalue weighted by Crippen LogP contribution is 2.45. The molecule has 0 saturated heterocycles. The SMILES string of the molecule is Cc1cccc(-c2ccc3c(c2)c2cc(-c4cccc(C)c4)ccc2n3-c2c(-c3ccc(C#N)cc3)cc(-c3cc(-c4ccccc4)nc(-c4ccccc4)n3)cc2-c2ccc(C#N)cc2)c1.